The molecule has 172 valence electrons. The van der Waals surface area contributed by atoms with E-state index in [-0.39, 0.29) is 17.9 Å². The highest BCUT2D eigenvalue weighted by Crippen LogP contribution is 2.35. The van der Waals surface area contributed by atoms with Gasteiger partial charge in [0, 0.05) is 30.3 Å². The third-order valence-electron chi connectivity index (χ3n) is 6.65. The van der Waals surface area contributed by atoms with E-state index in [0.29, 0.717) is 36.2 Å². The zero-order valence-corrected chi connectivity index (χ0v) is 18.8. The molecule has 3 heterocycles. The van der Waals surface area contributed by atoms with Gasteiger partial charge in [0.25, 0.3) is 5.91 Å². The Hall–Kier alpha value is -3.42. The van der Waals surface area contributed by atoms with Crippen LogP contribution in [0.2, 0.25) is 0 Å². The number of nitrogens with one attached hydrogen (secondary N) is 2. The summed E-state index contributed by atoms with van der Waals surface area (Å²) in [6, 6.07) is 9.38. The minimum atomic E-state index is -0.303. The van der Waals surface area contributed by atoms with E-state index in [1.165, 1.54) is 12.8 Å². The number of carbonyl (C=O) groups is 2. The number of pyridine rings is 1. The molecule has 1 atom stereocenters. The second kappa shape index (κ2) is 9.21. The average Bonchev–Trinajstić information content (AvgIpc) is 3.44. The van der Waals surface area contributed by atoms with Crippen molar-refractivity contribution >= 4 is 28.4 Å². The smallest absolute Gasteiger partial charge is 0.274 e. The number of hydrogen-bond acceptors (Lipinski definition) is 5. The van der Waals surface area contributed by atoms with Crippen LogP contribution in [0.4, 0.5) is 5.69 Å². The molecule has 1 saturated carbocycles. The van der Waals surface area contributed by atoms with Gasteiger partial charge < -0.3 is 15.4 Å². The largest absolute Gasteiger partial charge is 0.489 e. The van der Waals surface area contributed by atoms with Crippen molar-refractivity contribution in [2.75, 3.05) is 11.9 Å². The monoisotopic (exact) mass is 447 g/mol. The molecule has 8 heteroatoms. The molecule has 0 bridgehead atoms. The van der Waals surface area contributed by atoms with Crippen LogP contribution in [0.5, 0.6) is 5.75 Å². The molecule has 8 nitrogen and oxygen atoms in total. The Kier molecular flexibility index (Phi) is 5.98. The Labute approximate surface area is 192 Å². The molecule has 1 aliphatic heterocycles. The molecule has 2 amide bonds. The summed E-state index contributed by atoms with van der Waals surface area (Å²) in [5.41, 5.74) is 1.73. The Morgan fingerprint density at radius 3 is 2.79 bits per heavy atom. The van der Waals surface area contributed by atoms with Crippen LogP contribution in [0.25, 0.3) is 10.9 Å². The molecule has 3 aromatic rings. The Bertz CT molecular complexity index is 1150. The Balaban J connectivity index is 1.42. The van der Waals surface area contributed by atoms with Gasteiger partial charge in [0.1, 0.15) is 18.1 Å². The Morgan fingerprint density at radius 2 is 2.06 bits per heavy atom. The summed E-state index contributed by atoms with van der Waals surface area (Å²) in [7, 11) is 0. The first-order valence-electron chi connectivity index (χ1n) is 11.7. The molecule has 1 aromatic carbocycles. The number of rotatable bonds is 6. The van der Waals surface area contributed by atoms with Crippen LogP contribution in [-0.4, -0.2) is 39.2 Å². The van der Waals surface area contributed by atoms with Crippen LogP contribution < -0.4 is 15.4 Å². The van der Waals surface area contributed by atoms with Crippen molar-refractivity contribution in [1.29, 1.82) is 0 Å². The third-order valence-corrected chi connectivity index (χ3v) is 6.65. The zero-order chi connectivity index (χ0) is 22.8. The number of aromatic nitrogens is 3. The second-order valence-electron chi connectivity index (χ2n) is 9.21. The van der Waals surface area contributed by atoms with Crippen molar-refractivity contribution < 1.29 is 14.3 Å². The summed E-state index contributed by atoms with van der Waals surface area (Å²) >= 11 is 0. The first kappa shape index (κ1) is 21.4. The van der Waals surface area contributed by atoms with Gasteiger partial charge in [-0.3, -0.25) is 19.3 Å². The lowest BCUT2D eigenvalue weighted by Crippen LogP contribution is -2.31. The molecule has 5 rings (SSSR count). The second-order valence-corrected chi connectivity index (χ2v) is 9.21. The molecule has 1 aliphatic carbocycles. The maximum absolute atomic E-state index is 12.8. The topological polar surface area (TPSA) is 98.1 Å². The molecule has 2 aliphatic rings. The predicted molar refractivity (Wildman–Crippen MR) is 125 cm³/mol. The normalized spacial score (nSPS) is 22.8. The lowest BCUT2D eigenvalue weighted by atomic mass is 9.87. The van der Waals surface area contributed by atoms with Crippen molar-refractivity contribution in [3.8, 4) is 5.75 Å². The zero-order valence-electron chi connectivity index (χ0n) is 18.8. The summed E-state index contributed by atoms with van der Waals surface area (Å²) in [5.74, 6) is 1.05. The van der Waals surface area contributed by atoms with Gasteiger partial charge in [-0.05, 0) is 56.2 Å². The van der Waals surface area contributed by atoms with Gasteiger partial charge in [0.05, 0.1) is 23.3 Å². The fourth-order valence-corrected chi connectivity index (χ4v) is 4.66. The van der Waals surface area contributed by atoms with Gasteiger partial charge in [-0.2, -0.15) is 5.10 Å². The first-order chi connectivity index (χ1) is 16.0. The number of amides is 2. The summed E-state index contributed by atoms with van der Waals surface area (Å²) in [4.78, 5) is 28.5. The fraction of sp³-hybridized carbons (Fsp3) is 0.440. The summed E-state index contributed by atoms with van der Waals surface area (Å²) in [6.07, 6.45) is 9.60. The van der Waals surface area contributed by atoms with Crippen molar-refractivity contribution in [3.05, 3.63) is 48.4 Å². The van der Waals surface area contributed by atoms with E-state index in [1.807, 2.05) is 12.1 Å². The summed E-state index contributed by atoms with van der Waals surface area (Å²) in [6.45, 7) is 2.65. The van der Waals surface area contributed by atoms with E-state index in [9.17, 15) is 9.59 Å². The lowest BCUT2D eigenvalue weighted by molar-refractivity contribution is -0.119. The van der Waals surface area contributed by atoms with Crippen LogP contribution in [0.3, 0.4) is 0 Å². The molecule has 2 fully saturated rings. The van der Waals surface area contributed by atoms with Crippen LogP contribution >= 0.6 is 0 Å². The maximum atomic E-state index is 12.8. The number of nitrogens with zero attached hydrogens (tertiary/aromatic N) is 3. The molecule has 1 saturated heterocycles. The van der Waals surface area contributed by atoms with Crippen molar-refractivity contribution in [2.24, 2.45) is 5.92 Å². The molecule has 33 heavy (non-hydrogen) atoms. The molecule has 2 N–H and O–H groups in total. The number of anilines is 1. The van der Waals surface area contributed by atoms with E-state index in [0.717, 1.165) is 36.1 Å². The molecular formula is C25H29N5O3. The van der Waals surface area contributed by atoms with Gasteiger partial charge in [0.15, 0.2) is 0 Å². The van der Waals surface area contributed by atoms with Gasteiger partial charge in [0.2, 0.25) is 5.91 Å². The van der Waals surface area contributed by atoms with Crippen LogP contribution in [0.15, 0.2) is 42.7 Å². The molecule has 0 radical (unpaired) electrons. The van der Waals surface area contributed by atoms with E-state index in [1.54, 1.807) is 24.4 Å². The van der Waals surface area contributed by atoms with Crippen LogP contribution in [-0.2, 0) is 4.79 Å². The number of benzene rings is 1. The molecule has 0 unspecified atom stereocenters. The SMILES string of the molecule is CC1CCC(n2cc3cc(NC(=O)c4ccccn4)c(OC[C@@H]4CCC(=O)N4)cc3n2)CC1. The predicted octanol–water partition coefficient (Wildman–Crippen LogP) is 4.09. The highest BCUT2D eigenvalue weighted by Gasteiger charge is 2.24. The Morgan fingerprint density at radius 1 is 1.21 bits per heavy atom. The van der Waals surface area contributed by atoms with Crippen molar-refractivity contribution in [1.82, 2.24) is 20.1 Å². The summed E-state index contributed by atoms with van der Waals surface area (Å²) in [5, 5.41) is 11.6. The third kappa shape index (κ3) is 4.84. The minimum absolute atomic E-state index is 0.0330. The maximum Gasteiger partial charge on any atom is 0.274 e. The lowest BCUT2D eigenvalue weighted by Gasteiger charge is -2.26. The van der Waals surface area contributed by atoms with Crippen LogP contribution in [0, 0.1) is 5.92 Å². The van der Waals surface area contributed by atoms with Gasteiger partial charge in [-0.1, -0.05) is 13.0 Å². The quantitative estimate of drug-likeness (QED) is 0.593. The number of carbonyl (C=O) groups excluding carboxylic acids is 2. The van der Waals surface area contributed by atoms with Gasteiger partial charge in [-0.25, -0.2) is 0 Å². The molecule has 0 spiro atoms. The molecular weight excluding hydrogens is 418 g/mol. The van der Waals surface area contributed by atoms with E-state index in [4.69, 9.17) is 9.84 Å². The molecule has 2 aromatic heterocycles. The first-order valence-corrected chi connectivity index (χ1v) is 11.7. The van der Waals surface area contributed by atoms with Crippen LogP contribution in [0.1, 0.15) is 62.0 Å². The van der Waals surface area contributed by atoms with E-state index in [2.05, 4.69) is 33.4 Å². The summed E-state index contributed by atoms with van der Waals surface area (Å²) < 4.78 is 8.16. The number of fused-ring (bicyclic) bond motifs is 1. The van der Waals surface area contributed by atoms with Crippen molar-refractivity contribution in [2.45, 2.75) is 57.5 Å². The minimum Gasteiger partial charge on any atom is -0.489 e. The highest BCUT2D eigenvalue weighted by molar-refractivity contribution is 6.05. The highest BCUT2D eigenvalue weighted by atomic mass is 16.5. The van der Waals surface area contributed by atoms with Crippen molar-refractivity contribution in [3.63, 3.8) is 0 Å². The van der Waals surface area contributed by atoms with E-state index < -0.39 is 0 Å². The van der Waals surface area contributed by atoms with Gasteiger partial charge in [-0.15, -0.1) is 0 Å². The standard InChI is InChI=1S/C25H29N5O3/c1-16-5-8-19(9-6-16)30-14-17-12-22(28-25(32)20-4-2-3-11-26-20)23(13-21(17)29-30)33-15-18-7-10-24(31)27-18/h2-4,11-14,16,18-19H,5-10,15H2,1H3,(H,27,31)(H,28,32)/t16?,18-,19?/m0/s1. The number of hydrogen-bond donors (Lipinski definition) is 2. The average molecular weight is 448 g/mol. The number of ether oxygens (including phenoxy) is 1. The fourth-order valence-electron chi connectivity index (χ4n) is 4.66. The van der Waals surface area contributed by atoms with Gasteiger partial charge >= 0.3 is 0 Å². The van der Waals surface area contributed by atoms with E-state index >= 15 is 0 Å².